The van der Waals surface area contributed by atoms with Gasteiger partial charge in [-0.25, -0.2) is 0 Å². The molecule has 0 bridgehead atoms. The third-order valence-corrected chi connectivity index (χ3v) is 8.19. The monoisotopic (exact) mass is 592 g/mol. The van der Waals surface area contributed by atoms with Crippen molar-refractivity contribution >= 4 is 56.0 Å². The lowest BCUT2D eigenvalue weighted by Crippen LogP contribution is -2.11. The van der Waals surface area contributed by atoms with Crippen LogP contribution in [-0.2, 0) is 5.41 Å². The van der Waals surface area contributed by atoms with Crippen LogP contribution in [0.15, 0.2) is 121 Å². The summed E-state index contributed by atoms with van der Waals surface area (Å²) in [4.78, 5) is 0. The predicted octanol–water partition coefficient (Wildman–Crippen LogP) is 10.2. The maximum absolute atomic E-state index is 2.39. The Kier molecular flexibility index (Phi) is 6.04. The van der Waals surface area contributed by atoms with Crippen molar-refractivity contribution in [2.75, 3.05) is 3.11 Å². The minimum Gasteiger partial charge on any atom is -0.309 e. The first-order chi connectivity index (χ1) is 17.9. The number of hydrogen-bond donors (Lipinski definition) is 0. The number of anilines is 2. The average molecular weight is 593 g/mol. The molecule has 0 saturated carbocycles. The van der Waals surface area contributed by atoms with E-state index < -0.39 is 0 Å². The normalized spacial score (nSPS) is 11.8. The highest BCUT2D eigenvalue weighted by molar-refractivity contribution is 14.1. The van der Waals surface area contributed by atoms with Crippen LogP contribution in [0, 0.1) is 0 Å². The number of hydrogen-bond acceptors (Lipinski definition) is 1. The quantitative estimate of drug-likeness (QED) is 0.146. The second-order valence-corrected chi connectivity index (χ2v) is 11.5. The van der Waals surface area contributed by atoms with E-state index in [0.717, 1.165) is 5.69 Å². The Labute approximate surface area is 232 Å². The first-order valence-corrected chi connectivity index (χ1v) is 13.6. The van der Waals surface area contributed by atoms with Crippen LogP contribution in [0.2, 0.25) is 0 Å². The molecule has 0 aliphatic rings. The summed E-state index contributed by atoms with van der Waals surface area (Å²) in [7, 11) is 0. The number of nitrogens with zero attached hydrogens (tertiary/aromatic N) is 2. The minimum absolute atomic E-state index is 0.158. The molecule has 0 spiro atoms. The average Bonchev–Trinajstić information content (AvgIpc) is 3.26. The van der Waals surface area contributed by atoms with Gasteiger partial charge < -0.3 is 4.57 Å². The fraction of sp³-hybridized carbons (Fsp3) is 0.118. The number of fused-ring (bicyclic) bond motifs is 3. The number of benzene rings is 5. The molecule has 5 aromatic carbocycles. The van der Waals surface area contributed by atoms with Crippen molar-refractivity contribution in [1.29, 1.82) is 0 Å². The molecule has 6 aromatic rings. The van der Waals surface area contributed by atoms with E-state index in [4.69, 9.17) is 0 Å². The molecule has 0 amide bonds. The smallest absolute Gasteiger partial charge is 0.0646 e. The van der Waals surface area contributed by atoms with Gasteiger partial charge in [0.05, 0.1) is 45.3 Å². The van der Waals surface area contributed by atoms with Gasteiger partial charge in [-0.05, 0) is 76.7 Å². The minimum atomic E-state index is 0.158. The molecule has 0 aliphatic heterocycles. The van der Waals surface area contributed by atoms with E-state index in [1.54, 1.807) is 0 Å². The van der Waals surface area contributed by atoms with Crippen molar-refractivity contribution in [2.24, 2.45) is 0 Å². The van der Waals surface area contributed by atoms with Gasteiger partial charge in [-0.15, -0.1) is 0 Å². The SMILES string of the molecule is CC(C)(C)c1ccc(N(I)c2ccc(-c3ccc4c(c3)c3ccccc3n4-c3ccccc3)cc2)cc1. The lowest BCUT2D eigenvalue weighted by molar-refractivity contribution is 0.590. The first kappa shape index (κ1) is 23.8. The summed E-state index contributed by atoms with van der Waals surface area (Å²) in [6.45, 7) is 6.75. The van der Waals surface area contributed by atoms with E-state index in [-0.39, 0.29) is 5.41 Å². The molecule has 6 rings (SSSR count). The molecule has 0 aliphatic carbocycles. The van der Waals surface area contributed by atoms with Gasteiger partial charge in [0, 0.05) is 16.5 Å². The molecule has 1 heterocycles. The zero-order valence-corrected chi connectivity index (χ0v) is 23.5. The van der Waals surface area contributed by atoms with Gasteiger partial charge in [0.15, 0.2) is 0 Å². The van der Waals surface area contributed by atoms with Crippen LogP contribution in [0.5, 0.6) is 0 Å². The van der Waals surface area contributed by atoms with Gasteiger partial charge >= 0.3 is 0 Å². The third kappa shape index (κ3) is 4.42. The molecule has 3 heteroatoms. The maximum atomic E-state index is 2.39. The third-order valence-electron chi connectivity index (χ3n) is 7.07. The van der Waals surface area contributed by atoms with Crippen LogP contribution in [0.4, 0.5) is 11.4 Å². The van der Waals surface area contributed by atoms with Crippen molar-refractivity contribution in [3.05, 3.63) is 127 Å². The summed E-state index contributed by atoms with van der Waals surface area (Å²) >= 11 is 2.39. The number of halogens is 1. The van der Waals surface area contributed by atoms with Crippen LogP contribution < -0.4 is 3.11 Å². The summed E-state index contributed by atoms with van der Waals surface area (Å²) in [5, 5.41) is 2.55. The van der Waals surface area contributed by atoms with E-state index in [2.05, 4.69) is 173 Å². The van der Waals surface area contributed by atoms with Gasteiger partial charge in [-0.1, -0.05) is 87.5 Å². The summed E-state index contributed by atoms with van der Waals surface area (Å²) < 4.78 is 4.57. The van der Waals surface area contributed by atoms with Crippen LogP contribution in [0.3, 0.4) is 0 Å². The van der Waals surface area contributed by atoms with Crippen molar-refractivity contribution < 1.29 is 0 Å². The first-order valence-electron chi connectivity index (χ1n) is 12.7. The Morgan fingerprint density at radius 3 is 1.81 bits per heavy atom. The summed E-state index contributed by atoms with van der Waals surface area (Å²) in [5.74, 6) is 0. The van der Waals surface area contributed by atoms with Crippen molar-refractivity contribution in [3.8, 4) is 16.8 Å². The second kappa shape index (κ2) is 9.38. The summed E-state index contributed by atoms with van der Waals surface area (Å²) in [6, 6.07) is 43.8. The molecular formula is C34H29IN2. The molecule has 0 saturated heterocycles. The number of aromatic nitrogens is 1. The standard InChI is InChI=1S/C34H29IN2/c1-34(2,3)26-16-20-29(21-17-26)37(35)28-18-13-24(14-19-28)25-15-22-33-31(23-25)30-11-7-8-12-32(30)36(33)27-9-5-4-6-10-27/h4-23H,1-3H3. The van der Waals surface area contributed by atoms with Crippen LogP contribution in [-0.4, -0.2) is 4.57 Å². The van der Waals surface area contributed by atoms with E-state index >= 15 is 0 Å². The molecule has 0 radical (unpaired) electrons. The zero-order valence-electron chi connectivity index (χ0n) is 21.3. The van der Waals surface area contributed by atoms with Gasteiger partial charge in [0.2, 0.25) is 0 Å². The van der Waals surface area contributed by atoms with Crippen LogP contribution in [0.1, 0.15) is 26.3 Å². The van der Waals surface area contributed by atoms with E-state index in [9.17, 15) is 0 Å². The highest BCUT2D eigenvalue weighted by Crippen LogP contribution is 2.36. The fourth-order valence-electron chi connectivity index (χ4n) is 5.03. The Morgan fingerprint density at radius 1 is 0.568 bits per heavy atom. The largest absolute Gasteiger partial charge is 0.309 e. The van der Waals surface area contributed by atoms with E-state index in [1.165, 1.54) is 49.9 Å². The number of para-hydroxylation sites is 2. The van der Waals surface area contributed by atoms with Gasteiger partial charge in [0.25, 0.3) is 0 Å². The molecule has 0 unspecified atom stereocenters. The van der Waals surface area contributed by atoms with Crippen LogP contribution in [0.25, 0.3) is 38.6 Å². The molecular weight excluding hydrogens is 563 g/mol. The fourth-order valence-corrected chi connectivity index (χ4v) is 5.68. The summed E-state index contributed by atoms with van der Waals surface area (Å²) in [6.07, 6.45) is 0. The molecule has 0 N–H and O–H groups in total. The molecule has 0 fully saturated rings. The zero-order chi connectivity index (χ0) is 25.6. The Morgan fingerprint density at radius 2 is 1.14 bits per heavy atom. The maximum Gasteiger partial charge on any atom is 0.0646 e. The van der Waals surface area contributed by atoms with E-state index in [0.29, 0.717) is 0 Å². The van der Waals surface area contributed by atoms with Crippen LogP contribution >= 0.6 is 22.9 Å². The topological polar surface area (TPSA) is 8.17 Å². The van der Waals surface area contributed by atoms with Gasteiger partial charge in [-0.3, -0.25) is 3.11 Å². The second-order valence-electron chi connectivity index (χ2n) is 10.5. The predicted molar refractivity (Wildman–Crippen MR) is 168 cm³/mol. The molecule has 0 atom stereocenters. The Hall–Kier alpha value is -3.57. The highest BCUT2D eigenvalue weighted by atomic mass is 127. The molecule has 182 valence electrons. The molecule has 37 heavy (non-hydrogen) atoms. The van der Waals surface area contributed by atoms with E-state index in [1.807, 2.05) is 0 Å². The van der Waals surface area contributed by atoms with Crippen molar-refractivity contribution in [2.45, 2.75) is 26.2 Å². The summed E-state index contributed by atoms with van der Waals surface area (Å²) in [5.41, 5.74) is 9.93. The van der Waals surface area contributed by atoms with Crippen molar-refractivity contribution in [1.82, 2.24) is 4.57 Å². The Bertz CT molecular complexity index is 1690. The lowest BCUT2D eigenvalue weighted by Gasteiger charge is -2.21. The van der Waals surface area contributed by atoms with Crippen molar-refractivity contribution in [3.63, 3.8) is 0 Å². The van der Waals surface area contributed by atoms with Gasteiger partial charge in [-0.2, -0.15) is 0 Å². The van der Waals surface area contributed by atoms with Gasteiger partial charge in [0.1, 0.15) is 0 Å². The molecule has 1 aromatic heterocycles. The Balaban J connectivity index is 1.35. The highest BCUT2D eigenvalue weighted by Gasteiger charge is 2.15. The molecule has 2 nitrogen and oxygen atoms in total. The lowest BCUT2D eigenvalue weighted by atomic mass is 9.87. The number of rotatable bonds is 4.